The summed E-state index contributed by atoms with van der Waals surface area (Å²) in [4.78, 5) is 11.5. The Balaban J connectivity index is 2.80. The lowest BCUT2D eigenvalue weighted by atomic mass is 9.95. The lowest BCUT2D eigenvalue weighted by Crippen LogP contribution is -2.34. The van der Waals surface area contributed by atoms with Crippen molar-refractivity contribution in [3.05, 3.63) is 10.5 Å². The van der Waals surface area contributed by atoms with E-state index in [1.807, 2.05) is 27.7 Å². The lowest BCUT2D eigenvalue weighted by Gasteiger charge is -2.26. The minimum atomic E-state index is -0.762. The standard InChI is InChI=1S/C11H21N3O2S/c1-7(2)11(5,16)6-17-10-13-12-9(15)14(10)8(3)4/h7-8,16H,6H2,1-5H3,(H,12,15). The molecule has 0 saturated carbocycles. The second-order valence-corrected chi connectivity index (χ2v) is 6.02. The molecule has 1 atom stereocenters. The quantitative estimate of drug-likeness (QED) is 0.789. The summed E-state index contributed by atoms with van der Waals surface area (Å²) in [6.45, 7) is 9.61. The third-order valence-electron chi connectivity index (χ3n) is 2.93. The zero-order chi connectivity index (χ0) is 13.2. The first-order chi connectivity index (χ1) is 7.75. The van der Waals surface area contributed by atoms with Gasteiger partial charge in [-0.15, -0.1) is 5.10 Å². The highest BCUT2D eigenvalue weighted by Gasteiger charge is 2.26. The maximum absolute atomic E-state index is 11.5. The molecule has 17 heavy (non-hydrogen) atoms. The van der Waals surface area contributed by atoms with Gasteiger partial charge in [0.05, 0.1) is 5.60 Å². The molecule has 0 saturated heterocycles. The molecule has 1 heterocycles. The van der Waals surface area contributed by atoms with E-state index < -0.39 is 5.60 Å². The van der Waals surface area contributed by atoms with Gasteiger partial charge < -0.3 is 5.11 Å². The van der Waals surface area contributed by atoms with Crippen molar-refractivity contribution < 1.29 is 5.11 Å². The Labute approximate surface area is 106 Å². The van der Waals surface area contributed by atoms with Gasteiger partial charge in [0.1, 0.15) is 0 Å². The van der Waals surface area contributed by atoms with E-state index in [4.69, 9.17) is 0 Å². The fourth-order valence-electron chi connectivity index (χ4n) is 1.22. The van der Waals surface area contributed by atoms with Gasteiger partial charge >= 0.3 is 5.69 Å². The van der Waals surface area contributed by atoms with E-state index in [-0.39, 0.29) is 17.6 Å². The number of thioether (sulfide) groups is 1. The molecule has 0 radical (unpaired) electrons. The summed E-state index contributed by atoms with van der Waals surface area (Å²) in [5, 5.41) is 17.2. The molecule has 0 bridgehead atoms. The molecular weight excluding hydrogens is 238 g/mol. The maximum Gasteiger partial charge on any atom is 0.344 e. The number of aromatic nitrogens is 3. The van der Waals surface area contributed by atoms with E-state index in [0.29, 0.717) is 10.9 Å². The molecule has 1 rings (SSSR count). The Morgan fingerprint density at radius 2 is 2.06 bits per heavy atom. The Morgan fingerprint density at radius 1 is 1.47 bits per heavy atom. The second kappa shape index (κ2) is 5.27. The molecule has 1 unspecified atom stereocenters. The van der Waals surface area contributed by atoms with Crippen molar-refractivity contribution in [1.29, 1.82) is 0 Å². The third-order valence-corrected chi connectivity index (χ3v) is 4.20. The van der Waals surface area contributed by atoms with Crippen LogP contribution < -0.4 is 5.69 Å². The fraction of sp³-hybridized carbons (Fsp3) is 0.818. The van der Waals surface area contributed by atoms with Gasteiger partial charge in [-0.25, -0.2) is 9.89 Å². The molecule has 5 nitrogen and oxygen atoms in total. The Morgan fingerprint density at radius 3 is 2.53 bits per heavy atom. The molecule has 0 amide bonds. The van der Waals surface area contributed by atoms with Crippen LogP contribution in [0.5, 0.6) is 0 Å². The smallest absolute Gasteiger partial charge is 0.344 e. The fourth-order valence-corrected chi connectivity index (χ4v) is 2.52. The van der Waals surface area contributed by atoms with E-state index in [9.17, 15) is 9.90 Å². The van der Waals surface area contributed by atoms with E-state index in [0.717, 1.165) is 0 Å². The van der Waals surface area contributed by atoms with Gasteiger partial charge in [0.2, 0.25) is 0 Å². The molecule has 0 aliphatic heterocycles. The van der Waals surface area contributed by atoms with Gasteiger partial charge in [0, 0.05) is 11.8 Å². The van der Waals surface area contributed by atoms with E-state index in [1.165, 1.54) is 11.8 Å². The van der Waals surface area contributed by atoms with Crippen molar-refractivity contribution in [3.8, 4) is 0 Å². The van der Waals surface area contributed by atoms with Crippen molar-refractivity contribution in [2.24, 2.45) is 5.92 Å². The molecule has 0 aliphatic carbocycles. The Kier molecular flexibility index (Phi) is 4.43. The zero-order valence-corrected chi connectivity index (χ0v) is 11.8. The highest BCUT2D eigenvalue weighted by molar-refractivity contribution is 7.99. The van der Waals surface area contributed by atoms with Crippen LogP contribution in [0.2, 0.25) is 0 Å². The van der Waals surface area contributed by atoms with E-state index in [2.05, 4.69) is 10.2 Å². The van der Waals surface area contributed by atoms with Crippen LogP contribution in [0.4, 0.5) is 0 Å². The van der Waals surface area contributed by atoms with E-state index >= 15 is 0 Å². The van der Waals surface area contributed by atoms with Crippen LogP contribution in [0.15, 0.2) is 9.95 Å². The van der Waals surface area contributed by atoms with Crippen LogP contribution in [0, 0.1) is 5.92 Å². The van der Waals surface area contributed by atoms with Crippen molar-refractivity contribution in [2.45, 2.75) is 51.4 Å². The Hall–Kier alpha value is -0.750. The van der Waals surface area contributed by atoms with Crippen LogP contribution in [0.3, 0.4) is 0 Å². The molecule has 98 valence electrons. The highest BCUT2D eigenvalue weighted by atomic mass is 32.2. The van der Waals surface area contributed by atoms with Gasteiger partial charge in [-0.2, -0.15) is 0 Å². The van der Waals surface area contributed by atoms with Crippen molar-refractivity contribution >= 4 is 11.8 Å². The summed E-state index contributed by atoms with van der Waals surface area (Å²) >= 11 is 1.40. The highest BCUT2D eigenvalue weighted by Crippen LogP contribution is 2.26. The number of H-pyrrole nitrogens is 1. The third kappa shape index (κ3) is 3.35. The number of aliphatic hydroxyl groups is 1. The van der Waals surface area contributed by atoms with Gasteiger partial charge in [0.15, 0.2) is 5.16 Å². The number of nitrogens with zero attached hydrogens (tertiary/aromatic N) is 2. The minimum absolute atomic E-state index is 0.0627. The first-order valence-electron chi connectivity index (χ1n) is 5.77. The Bertz CT molecular complexity index is 421. The number of hydrogen-bond acceptors (Lipinski definition) is 4. The number of aromatic amines is 1. The average molecular weight is 259 g/mol. The first kappa shape index (κ1) is 14.3. The topological polar surface area (TPSA) is 70.9 Å². The number of hydrogen-bond donors (Lipinski definition) is 2. The SMILES string of the molecule is CC(C)n1c(SCC(C)(O)C(C)C)n[nH]c1=O. The normalized spacial score (nSPS) is 15.5. The van der Waals surface area contributed by atoms with Crippen molar-refractivity contribution in [3.63, 3.8) is 0 Å². The molecule has 1 aromatic rings. The summed E-state index contributed by atoms with van der Waals surface area (Å²) in [5.41, 5.74) is -0.965. The molecule has 2 N–H and O–H groups in total. The van der Waals surface area contributed by atoms with Crippen LogP contribution in [0.1, 0.15) is 40.7 Å². The molecule has 0 spiro atoms. The second-order valence-electron chi connectivity index (χ2n) is 5.08. The van der Waals surface area contributed by atoms with Crippen LogP contribution in [-0.4, -0.2) is 31.2 Å². The van der Waals surface area contributed by atoms with Crippen LogP contribution in [-0.2, 0) is 0 Å². The van der Waals surface area contributed by atoms with Crippen LogP contribution in [0.25, 0.3) is 0 Å². The van der Waals surface area contributed by atoms with Gasteiger partial charge in [-0.1, -0.05) is 25.6 Å². The zero-order valence-electron chi connectivity index (χ0n) is 11.0. The predicted molar refractivity (Wildman–Crippen MR) is 69.4 cm³/mol. The van der Waals surface area contributed by atoms with Gasteiger partial charge in [0.25, 0.3) is 0 Å². The average Bonchev–Trinajstić information content (AvgIpc) is 2.56. The monoisotopic (exact) mass is 259 g/mol. The summed E-state index contributed by atoms with van der Waals surface area (Å²) in [5.74, 6) is 0.676. The van der Waals surface area contributed by atoms with Crippen molar-refractivity contribution in [2.75, 3.05) is 5.75 Å². The molecule has 6 heteroatoms. The summed E-state index contributed by atoms with van der Waals surface area (Å²) in [6.07, 6.45) is 0. The number of rotatable bonds is 5. The summed E-state index contributed by atoms with van der Waals surface area (Å²) < 4.78 is 1.60. The minimum Gasteiger partial charge on any atom is -0.389 e. The van der Waals surface area contributed by atoms with Crippen molar-refractivity contribution in [1.82, 2.24) is 14.8 Å². The summed E-state index contributed by atoms with van der Waals surface area (Å²) in [7, 11) is 0. The van der Waals surface area contributed by atoms with Gasteiger partial charge in [-0.3, -0.25) is 4.57 Å². The molecule has 0 fully saturated rings. The molecule has 0 aromatic carbocycles. The van der Waals surface area contributed by atoms with E-state index in [1.54, 1.807) is 11.5 Å². The first-order valence-corrected chi connectivity index (χ1v) is 6.76. The van der Waals surface area contributed by atoms with Gasteiger partial charge in [-0.05, 0) is 26.7 Å². The lowest BCUT2D eigenvalue weighted by molar-refractivity contribution is 0.0375. The molecular formula is C11H21N3O2S. The molecule has 0 aliphatic rings. The summed E-state index contributed by atoms with van der Waals surface area (Å²) in [6, 6.07) is 0.0627. The largest absolute Gasteiger partial charge is 0.389 e. The predicted octanol–water partition coefficient (Wildman–Crippen LogP) is 1.65. The van der Waals surface area contributed by atoms with Crippen LogP contribution >= 0.6 is 11.8 Å². The maximum atomic E-state index is 11.5. The number of nitrogens with one attached hydrogen (secondary N) is 1. The molecule has 1 aromatic heterocycles.